The zero-order valence-corrected chi connectivity index (χ0v) is 15.8. The van der Waals surface area contributed by atoms with Gasteiger partial charge in [-0.15, -0.1) is 0 Å². The molecule has 0 aliphatic heterocycles. The third kappa shape index (κ3) is 6.44. The van der Waals surface area contributed by atoms with E-state index in [4.69, 9.17) is 9.84 Å². The summed E-state index contributed by atoms with van der Waals surface area (Å²) in [6.07, 6.45) is 0.426. The number of hydrogen-bond acceptors (Lipinski definition) is 4. The van der Waals surface area contributed by atoms with Gasteiger partial charge in [0, 0.05) is 17.2 Å². The highest BCUT2D eigenvalue weighted by Crippen LogP contribution is 2.20. The van der Waals surface area contributed by atoms with Gasteiger partial charge in [-0.3, -0.25) is 9.59 Å². The minimum absolute atomic E-state index is 0.0911. The summed E-state index contributed by atoms with van der Waals surface area (Å²) in [5.41, 5.74) is 3.72. The van der Waals surface area contributed by atoms with E-state index in [9.17, 15) is 9.59 Å². The molecule has 0 bridgehead atoms. The lowest BCUT2D eigenvalue weighted by Crippen LogP contribution is -2.14. The molecule has 0 saturated heterocycles. The van der Waals surface area contributed by atoms with E-state index in [1.54, 1.807) is 18.9 Å². The molecule has 0 fully saturated rings. The fourth-order valence-corrected chi connectivity index (χ4v) is 3.33. The maximum Gasteiger partial charge on any atom is 0.304 e. The van der Waals surface area contributed by atoms with Crippen molar-refractivity contribution in [3.8, 4) is 5.75 Å². The van der Waals surface area contributed by atoms with Crippen LogP contribution in [0, 0.1) is 6.92 Å². The number of carbonyl (C=O) groups excluding carboxylic acids is 1. The number of ether oxygens (including phenoxy) is 1. The Labute approximate surface area is 157 Å². The van der Waals surface area contributed by atoms with E-state index >= 15 is 0 Å². The number of methoxy groups -OCH3 is 1. The third-order valence-corrected chi connectivity index (χ3v) is 4.81. The standard InChI is InChI=1S/C20H23NO4S/c1-14-6-7-15(11-18(14)25-2)12-19(22)21-17-5-3-4-16(10-17)13-26-9-8-20(23)24/h3-7,10-11H,8-9,12-13H2,1-2H3,(H,21,22)(H,23,24). The quantitative estimate of drug-likeness (QED) is 0.652. The number of hydrogen-bond donors (Lipinski definition) is 2. The lowest BCUT2D eigenvalue weighted by atomic mass is 10.1. The van der Waals surface area contributed by atoms with Gasteiger partial charge >= 0.3 is 5.97 Å². The second kappa shape index (κ2) is 9.87. The van der Waals surface area contributed by atoms with Gasteiger partial charge in [0.1, 0.15) is 5.75 Å². The Hall–Kier alpha value is -2.47. The van der Waals surface area contributed by atoms with Crippen molar-refractivity contribution in [1.82, 2.24) is 0 Å². The van der Waals surface area contributed by atoms with Crippen LogP contribution in [-0.2, 0) is 21.8 Å². The van der Waals surface area contributed by atoms with Gasteiger partial charge < -0.3 is 15.2 Å². The Balaban J connectivity index is 1.90. The van der Waals surface area contributed by atoms with E-state index in [2.05, 4.69) is 5.32 Å². The lowest BCUT2D eigenvalue weighted by Gasteiger charge is -2.09. The molecule has 26 heavy (non-hydrogen) atoms. The number of nitrogens with one attached hydrogen (secondary N) is 1. The van der Waals surface area contributed by atoms with Crippen LogP contribution in [-0.4, -0.2) is 29.8 Å². The van der Waals surface area contributed by atoms with Crippen LogP contribution in [0.5, 0.6) is 5.75 Å². The van der Waals surface area contributed by atoms with E-state index in [0.29, 0.717) is 11.5 Å². The number of anilines is 1. The van der Waals surface area contributed by atoms with Crippen LogP contribution in [0.15, 0.2) is 42.5 Å². The van der Waals surface area contributed by atoms with Gasteiger partial charge in [0.25, 0.3) is 0 Å². The van der Waals surface area contributed by atoms with Crippen LogP contribution < -0.4 is 10.1 Å². The van der Waals surface area contributed by atoms with Crippen molar-refractivity contribution in [3.05, 3.63) is 59.2 Å². The van der Waals surface area contributed by atoms with Gasteiger partial charge in [-0.25, -0.2) is 0 Å². The Morgan fingerprint density at radius 2 is 1.96 bits per heavy atom. The molecular weight excluding hydrogens is 350 g/mol. The first-order valence-electron chi connectivity index (χ1n) is 8.30. The number of carbonyl (C=O) groups is 2. The predicted molar refractivity (Wildman–Crippen MR) is 105 cm³/mol. The Kier molecular flexibility index (Phi) is 7.53. The number of carboxylic acids is 1. The van der Waals surface area contributed by atoms with Crippen LogP contribution in [0.3, 0.4) is 0 Å². The molecule has 1 amide bonds. The number of rotatable bonds is 9. The zero-order chi connectivity index (χ0) is 18.9. The van der Waals surface area contributed by atoms with E-state index in [-0.39, 0.29) is 18.7 Å². The SMILES string of the molecule is COc1cc(CC(=O)Nc2cccc(CSCCC(=O)O)c2)ccc1C. The monoisotopic (exact) mass is 373 g/mol. The molecule has 0 saturated carbocycles. The van der Waals surface area contributed by atoms with Crippen LogP contribution >= 0.6 is 11.8 Å². The molecule has 0 aliphatic carbocycles. The Morgan fingerprint density at radius 1 is 1.15 bits per heavy atom. The minimum atomic E-state index is -0.786. The lowest BCUT2D eigenvalue weighted by molar-refractivity contribution is -0.136. The van der Waals surface area contributed by atoms with Crippen molar-refractivity contribution in [3.63, 3.8) is 0 Å². The summed E-state index contributed by atoms with van der Waals surface area (Å²) < 4.78 is 5.29. The van der Waals surface area contributed by atoms with Crippen molar-refractivity contribution in [2.45, 2.75) is 25.5 Å². The van der Waals surface area contributed by atoms with Crippen molar-refractivity contribution in [1.29, 1.82) is 0 Å². The number of benzene rings is 2. The minimum Gasteiger partial charge on any atom is -0.496 e. The number of thioether (sulfide) groups is 1. The fourth-order valence-electron chi connectivity index (χ4n) is 2.45. The molecule has 0 aromatic heterocycles. The molecule has 2 aromatic carbocycles. The molecule has 138 valence electrons. The second-order valence-electron chi connectivity index (χ2n) is 5.93. The summed E-state index contributed by atoms with van der Waals surface area (Å²) in [6.45, 7) is 1.96. The summed E-state index contributed by atoms with van der Waals surface area (Å²) >= 11 is 1.56. The zero-order valence-electron chi connectivity index (χ0n) is 15.0. The summed E-state index contributed by atoms with van der Waals surface area (Å²) in [5, 5.41) is 11.6. The molecule has 2 aromatic rings. The highest BCUT2D eigenvalue weighted by Gasteiger charge is 2.07. The molecule has 0 heterocycles. The predicted octanol–water partition coefficient (Wildman–Crippen LogP) is 3.89. The molecule has 2 N–H and O–H groups in total. The summed E-state index contributed by atoms with van der Waals surface area (Å²) in [4.78, 5) is 22.8. The van der Waals surface area contributed by atoms with Crippen LogP contribution in [0.25, 0.3) is 0 Å². The van der Waals surface area contributed by atoms with Crippen LogP contribution in [0.4, 0.5) is 5.69 Å². The van der Waals surface area contributed by atoms with Gasteiger partial charge in [-0.1, -0.05) is 24.3 Å². The van der Waals surface area contributed by atoms with Gasteiger partial charge in [0.05, 0.1) is 20.0 Å². The third-order valence-electron chi connectivity index (χ3n) is 3.78. The van der Waals surface area contributed by atoms with E-state index < -0.39 is 5.97 Å². The topological polar surface area (TPSA) is 75.6 Å². The van der Waals surface area contributed by atoms with Crippen LogP contribution in [0.2, 0.25) is 0 Å². The highest BCUT2D eigenvalue weighted by molar-refractivity contribution is 7.98. The van der Waals surface area contributed by atoms with E-state index in [1.807, 2.05) is 49.4 Å². The molecule has 0 atom stereocenters. The smallest absolute Gasteiger partial charge is 0.304 e. The molecule has 0 radical (unpaired) electrons. The molecule has 0 spiro atoms. The fraction of sp³-hybridized carbons (Fsp3) is 0.300. The maximum absolute atomic E-state index is 12.3. The van der Waals surface area contributed by atoms with Crippen molar-refractivity contribution in [2.24, 2.45) is 0 Å². The molecule has 0 aliphatic rings. The summed E-state index contributed by atoms with van der Waals surface area (Å²) in [5.74, 6) is 1.18. The maximum atomic E-state index is 12.3. The molecule has 0 unspecified atom stereocenters. The van der Waals surface area contributed by atoms with Crippen LogP contribution in [0.1, 0.15) is 23.1 Å². The highest BCUT2D eigenvalue weighted by atomic mass is 32.2. The summed E-state index contributed by atoms with van der Waals surface area (Å²) in [7, 11) is 1.62. The Bertz CT molecular complexity index is 776. The van der Waals surface area contributed by atoms with Gasteiger partial charge in [-0.2, -0.15) is 11.8 Å². The number of amides is 1. The Morgan fingerprint density at radius 3 is 2.69 bits per heavy atom. The van der Waals surface area contributed by atoms with Crippen molar-refractivity contribution in [2.75, 3.05) is 18.2 Å². The van der Waals surface area contributed by atoms with Gasteiger partial charge in [0.15, 0.2) is 0 Å². The average molecular weight is 373 g/mol. The van der Waals surface area contributed by atoms with Crippen molar-refractivity contribution >= 4 is 29.3 Å². The van der Waals surface area contributed by atoms with Gasteiger partial charge in [0.2, 0.25) is 5.91 Å². The van der Waals surface area contributed by atoms with Gasteiger partial charge in [-0.05, 0) is 41.8 Å². The van der Waals surface area contributed by atoms with E-state index in [1.165, 1.54) is 0 Å². The number of aryl methyl sites for hydroxylation is 1. The average Bonchev–Trinajstić information content (AvgIpc) is 2.60. The first-order valence-corrected chi connectivity index (χ1v) is 9.45. The van der Waals surface area contributed by atoms with Crippen molar-refractivity contribution < 1.29 is 19.4 Å². The first kappa shape index (κ1) is 19.8. The second-order valence-corrected chi connectivity index (χ2v) is 7.03. The largest absolute Gasteiger partial charge is 0.496 e. The molecule has 2 rings (SSSR count). The molecular formula is C20H23NO4S. The number of carboxylic acid groups (broad SMARTS) is 1. The normalized spacial score (nSPS) is 10.4. The van der Waals surface area contributed by atoms with E-state index in [0.717, 1.165) is 28.1 Å². The summed E-state index contributed by atoms with van der Waals surface area (Å²) in [6, 6.07) is 13.4. The molecule has 5 nitrogen and oxygen atoms in total. The first-order chi connectivity index (χ1) is 12.5. The molecule has 6 heteroatoms. The number of aliphatic carboxylic acids is 1.